The predicted octanol–water partition coefficient (Wildman–Crippen LogP) is 7.87. The van der Waals surface area contributed by atoms with Crippen molar-refractivity contribution in [1.82, 2.24) is 0 Å². The van der Waals surface area contributed by atoms with Gasteiger partial charge in [-0.2, -0.15) is 0 Å². The van der Waals surface area contributed by atoms with Gasteiger partial charge in [0.05, 0.1) is 36.3 Å². The predicted molar refractivity (Wildman–Crippen MR) is 192 cm³/mol. The number of hydrogen-bond acceptors (Lipinski definition) is 8. The Morgan fingerprint density at radius 1 is 0.408 bits per heavy atom. The minimum atomic E-state index is -1.25. The van der Waals surface area contributed by atoms with Crippen LogP contribution in [0.3, 0.4) is 0 Å². The topological polar surface area (TPSA) is 133 Å². The number of hydrogen-bond donors (Lipinski definition) is 0. The third kappa shape index (κ3) is 24.4. The molecule has 0 saturated heterocycles. The van der Waals surface area contributed by atoms with Crippen LogP contribution >= 0.6 is 0 Å². The van der Waals surface area contributed by atoms with Gasteiger partial charge in [-0.1, -0.05) is 154 Å². The summed E-state index contributed by atoms with van der Waals surface area (Å²) in [5.74, 6) is -3.31. The fourth-order valence-corrected chi connectivity index (χ4v) is 5.16. The number of carboxylic acids is 2. The van der Waals surface area contributed by atoms with E-state index in [9.17, 15) is 29.4 Å². The Kier molecular flexibility index (Phi) is 30.0. The molecule has 0 N–H and O–H groups in total. The number of carbonyl (C=O) groups is 4. The fourth-order valence-electron chi connectivity index (χ4n) is 5.16. The van der Waals surface area contributed by atoms with E-state index in [1.54, 1.807) is 0 Å². The van der Waals surface area contributed by atoms with Gasteiger partial charge in [0.2, 0.25) is 0 Å². The average Bonchev–Trinajstić information content (AvgIpc) is 3.09. The molecule has 0 aliphatic rings. The molecule has 0 aliphatic heterocycles. The van der Waals surface area contributed by atoms with E-state index < -0.39 is 23.9 Å². The first kappa shape index (κ1) is 46.6. The molecule has 0 heterocycles. The molecule has 0 radical (unpaired) electrons. The summed E-state index contributed by atoms with van der Waals surface area (Å²) in [6.07, 6.45) is 24.7. The minimum Gasteiger partial charge on any atom is -0.545 e. The maximum absolute atomic E-state index is 11.8. The van der Waals surface area contributed by atoms with Crippen LogP contribution < -0.4 is 10.2 Å². The first-order valence-electron chi connectivity index (χ1n) is 18.3. The molecule has 0 saturated carbocycles. The maximum Gasteiger partial charge on any atom is 2.00 e. The van der Waals surface area contributed by atoms with Crippen LogP contribution in [0.2, 0.25) is 0 Å². The summed E-state index contributed by atoms with van der Waals surface area (Å²) < 4.78 is 10.4. The van der Waals surface area contributed by atoms with Crippen LogP contribution in [0.4, 0.5) is 0 Å². The Morgan fingerprint density at radius 2 is 0.633 bits per heavy atom. The van der Waals surface area contributed by atoms with Crippen molar-refractivity contribution in [3.05, 3.63) is 70.8 Å². The molecule has 2 aromatic rings. The second-order valence-corrected chi connectivity index (χ2v) is 12.4. The van der Waals surface area contributed by atoms with Crippen LogP contribution in [0.5, 0.6) is 0 Å². The second kappa shape index (κ2) is 31.6. The average molecular weight is 707 g/mol. The third-order valence-corrected chi connectivity index (χ3v) is 8.17. The summed E-state index contributed by atoms with van der Waals surface area (Å²) in [5, 5.41) is 21.3. The third-order valence-electron chi connectivity index (χ3n) is 8.17. The van der Waals surface area contributed by atoms with Crippen molar-refractivity contribution in [2.24, 2.45) is 0 Å². The van der Waals surface area contributed by atoms with E-state index in [1.165, 1.54) is 151 Å². The van der Waals surface area contributed by atoms with Crippen LogP contribution in [-0.4, -0.2) is 74.8 Å². The van der Waals surface area contributed by atoms with E-state index in [4.69, 9.17) is 9.47 Å². The van der Waals surface area contributed by atoms with E-state index in [0.29, 0.717) is 24.3 Å². The summed E-state index contributed by atoms with van der Waals surface area (Å²) in [5.41, 5.74) is 0.849. The zero-order valence-electron chi connectivity index (χ0n) is 30.1. The monoisotopic (exact) mass is 706 g/mol. The summed E-state index contributed by atoms with van der Waals surface area (Å²) in [7, 11) is 0. The number of esters is 2. The molecule has 0 unspecified atom stereocenters. The van der Waals surface area contributed by atoms with Gasteiger partial charge in [-0.25, -0.2) is 9.59 Å². The van der Waals surface area contributed by atoms with E-state index in [0.717, 1.165) is 25.7 Å². The molecule has 0 aliphatic carbocycles. The van der Waals surface area contributed by atoms with Gasteiger partial charge in [0.1, 0.15) is 0 Å². The fraction of sp³-hybridized carbons (Fsp3) is 0.600. The number of carboxylic acid groups (broad SMARTS) is 2. The van der Waals surface area contributed by atoms with Crippen LogP contribution in [0.15, 0.2) is 48.5 Å². The quantitative estimate of drug-likeness (QED) is 0.0548. The first-order valence-corrected chi connectivity index (χ1v) is 18.3. The maximum atomic E-state index is 11.8. The van der Waals surface area contributed by atoms with E-state index in [1.807, 2.05) is 0 Å². The van der Waals surface area contributed by atoms with E-state index in [2.05, 4.69) is 13.8 Å². The summed E-state index contributed by atoms with van der Waals surface area (Å²) in [4.78, 5) is 44.9. The van der Waals surface area contributed by atoms with Crippen molar-refractivity contribution in [3.8, 4) is 0 Å². The van der Waals surface area contributed by atoms with Crippen molar-refractivity contribution in [3.63, 3.8) is 0 Å². The first-order chi connectivity index (χ1) is 23.3. The molecule has 0 atom stereocenters. The molecule has 9 heteroatoms. The van der Waals surface area contributed by atoms with Crippen LogP contribution in [-0.2, 0) is 9.47 Å². The Hall–Kier alpha value is -2.42. The van der Waals surface area contributed by atoms with E-state index in [-0.39, 0.29) is 48.9 Å². The van der Waals surface area contributed by atoms with Gasteiger partial charge in [0.15, 0.2) is 0 Å². The van der Waals surface area contributed by atoms with E-state index >= 15 is 0 Å². The summed E-state index contributed by atoms with van der Waals surface area (Å²) in [6, 6.07) is 11.2. The van der Waals surface area contributed by atoms with Gasteiger partial charge in [-0.15, -0.1) is 0 Å². The molecule has 0 fully saturated rings. The Labute approximate surface area is 324 Å². The van der Waals surface area contributed by atoms with Crippen LogP contribution in [0.1, 0.15) is 184 Å². The molecule has 268 valence electrons. The largest absolute Gasteiger partial charge is 2.00 e. The summed E-state index contributed by atoms with van der Waals surface area (Å²) >= 11 is 0. The molecule has 8 nitrogen and oxygen atoms in total. The number of carbonyl (C=O) groups excluding carboxylic acids is 4. The van der Waals surface area contributed by atoms with Crippen molar-refractivity contribution >= 4 is 61.6 Å². The van der Waals surface area contributed by atoms with Gasteiger partial charge in [-0.05, 0) is 48.2 Å². The Bertz CT molecular complexity index is 1060. The van der Waals surface area contributed by atoms with Gasteiger partial charge < -0.3 is 29.3 Å². The Balaban J connectivity index is 0.000000922. The van der Waals surface area contributed by atoms with Gasteiger partial charge in [0, 0.05) is 0 Å². The number of benzene rings is 2. The van der Waals surface area contributed by atoms with Crippen molar-refractivity contribution in [1.29, 1.82) is 0 Å². The zero-order chi connectivity index (χ0) is 35.2. The molecule has 0 spiro atoms. The van der Waals surface area contributed by atoms with Crippen molar-refractivity contribution < 1.29 is 38.9 Å². The van der Waals surface area contributed by atoms with Crippen LogP contribution in [0, 0.1) is 0 Å². The zero-order valence-corrected chi connectivity index (χ0v) is 32.4. The van der Waals surface area contributed by atoms with Crippen molar-refractivity contribution in [2.75, 3.05) is 13.2 Å². The molecular weight excluding hydrogens is 649 g/mol. The smallest absolute Gasteiger partial charge is 0.545 e. The number of ether oxygens (including phenoxy) is 2. The number of aromatic carboxylic acids is 2. The minimum absolute atomic E-state index is 0. The Morgan fingerprint density at radius 3 is 0.878 bits per heavy atom. The number of unbranched alkanes of at least 4 members (excludes halogenated alkanes) is 18. The van der Waals surface area contributed by atoms with Gasteiger partial charge in [0.25, 0.3) is 0 Å². The summed E-state index contributed by atoms with van der Waals surface area (Å²) in [6.45, 7) is 5.29. The molecule has 0 bridgehead atoms. The standard InChI is InChI=1S/2C20H30O4.Ca/c2*1-2-3-4-5-6-7-8-9-10-11-16-24-20(23)18-14-12-17(13-15-18)19(21)22;/h2*12-15H,2-11,16H2,1H3,(H,21,22);/q;;+2/p-2. The van der Waals surface area contributed by atoms with Crippen molar-refractivity contribution in [2.45, 2.75) is 142 Å². The molecule has 0 aromatic heterocycles. The molecule has 2 rings (SSSR count). The number of rotatable bonds is 26. The van der Waals surface area contributed by atoms with Gasteiger partial charge >= 0.3 is 49.7 Å². The second-order valence-electron chi connectivity index (χ2n) is 12.4. The van der Waals surface area contributed by atoms with Crippen LogP contribution in [0.25, 0.3) is 0 Å². The SMILES string of the molecule is CCCCCCCCCCCCOC(=O)c1ccc(C(=O)[O-])cc1.CCCCCCCCCCCCOC(=O)c1ccc(C(=O)[O-])cc1.[Ca+2]. The molecular formula is C40H58CaO8. The molecule has 49 heavy (non-hydrogen) atoms. The molecule has 0 amide bonds. The normalized spacial score (nSPS) is 10.3. The van der Waals surface area contributed by atoms with Gasteiger partial charge in [-0.3, -0.25) is 0 Å². The molecule has 2 aromatic carbocycles.